The second-order valence-corrected chi connectivity index (χ2v) is 6.23. The molecule has 0 radical (unpaired) electrons. The smallest absolute Gasteiger partial charge is 0.279 e. The number of fused-ring (bicyclic) bond motifs is 1. The molecule has 0 aliphatic rings. The minimum absolute atomic E-state index is 0.162. The number of hydrogen-bond donors (Lipinski definition) is 3. The van der Waals surface area contributed by atoms with Crippen molar-refractivity contribution in [2.24, 2.45) is 0 Å². The van der Waals surface area contributed by atoms with Gasteiger partial charge in [0.25, 0.3) is 11.5 Å². The van der Waals surface area contributed by atoms with Gasteiger partial charge in [-0.25, -0.2) is 4.98 Å². The van der Waals surface area contributed by atoms with Crippen LogP contribution in [0.2, 0.25) is 0 Å². The molecule has 1 unspecified atom stereocenters. The van der Waals surface area contributed by atoms with Crippen LogP contribution in [0.15, 0.2) is 53.3 Å². The Morgan fingerprint density at radius 2 is 2.07 bits per heavy atom. The van der Waals surface area contributed by atoms with Gasteiger partial charge < -0.3 is 15.2 Å². The lowest BCUT2D eigenvalue weighted by molar-refractivity contribution is -0.904. The number of rotatable bonds is 6. The number of hydrogen-bond acceptors (Lipinski definition) is 4. The lowest BCUT2D eigenvalue weighted by atomic mass is 10.2. The van der Waals surface area contributed by atoms with Crippen LogP contribution in [0.4, 0.5) is 5.69 Å². The first kappa shape index (κ1) is 18.3. The quantitative estimate of drug-likeness (QED) is 0.604. The van der Waals surface area contributed by atoms with Crippen LogP contribution in [-0.4, -0.2) is 29.0 Å². The number of para-hydroxylation sites is 1. The highest BCUT2D eigenvalue weighted by Crippen LogP contribution is 2.09. The molecule has 1 atom stereocenters. The average molecular weight is 362 g/mol. The van der Waals surface area contributed by atoms with E-state index in [0.717, 1.165) is 4.90 Å². The third kappa shape index (κ3) is 4.57. The monoisotopic (exact) mass is 362 g/mol. The summed E-state index contributed by atoms with van der Waals surface area (Å²) < 4.78 is 0. The SMILES string of the molecule is CC[NH+](CC(=O)Nc1cccc(C#N)c1)Cc1nc2ccccc2c(=O)[nH]1. The minimum Gasteiger partial charge on any atom is -0.321 e. The highest BCUT2D eigenvalue weighted by Gasteiger charge is 2.15. The maximum Gasteiger partial charge on any atom is 0.279 e. The van der Waals surface area contributed by atoms with Gasteiger partial charge in [0.15, 0.2) is 12.4 Å². The van der Waals surface area contributed by atoms with Crippen molar-refractivity contribution in [2.45, 2.75) is 13.5 Å². The zero-order valence-electron chi connectivity index (χ0n) is 15.0. The zero-order chi connectivity index (χ0) is 19.2. The van der Waals surface area contributed by atoms with E-state index in [1.165, 1.54) is 0 Å². The normalized spacial score (nSPS) is 11.7. The number of quaternary nitrogens is 1. The van der Waals surface area contributed by atoms with Crippen LogP contribution in [-0.2, 0) is 11.3 Å². The first-order chi connectivity index (χ1) is 13.1. The van der Waals surface area contributed by atoms with Crippen molar-refractivity contribution in [3.63, 3.8) is 0 Å². The molecule has 0 saturated heterocycles. The first-order valence-corrected chi connectivity index (χ1v) is 8.70. The number of nitriles is 1. The number of aromatic nitrogens is 2. The van der Waals surface area contributed by atoms with Gasteiger partial charge >= 0.3 is 0 Å². The van der Waals surface area contributed by atoms with Gasteiger partial charge in [0.05, 0.1) is 29.1 Å². The molecule has 0 aliphatic heterocycles. The second kappa shape index (κ2) is 8.25. The summed E-state index contributed by atoms with van der Waals surface area (Å²) in [7, 11) is 0. The first-order valence-electron chi connectivity index (χ1n) is 8.70. The van der Waals surface area contributed by atoms with Crippen molar-refractivity contribution >= 4 is 22.5 Å². The largest absolute Gasteiger partial charge is 0.321 e. The number of benzene rings is 2. The van der Waals surface area contributed by atoms with Crippen molar-refractivity contribution in [3.8, 4) is 6.07 Å². The molecule has 27 heavy (non-hydrogen) atoms. The van der Waals surface area contributed by atoms with Crippen LogP contribution in [0.25, 0.3) is 10.9 Å². The number of amides is 1. The van der Waals surface area contributed by atoms with E-state index >= 15 is 0 Å². The number of carbonyl (C=O) groups excluding carboxylic acids is 1. The third-order valence-electron chi connectivity index (χ3n) is 4.27. The Morgan fingerprint density at radius 3 is 2.85 bits per heavy atom. The maximum atomic E-state index is 12.3. The van der Waals surface area contributed by atoms with E-state index in [4.69, 9.17) is 5.26 Å². The van der Waals surface area contributed by atoms with Gasteiger partial charge in [-0.15, -0.1) is 0 Å². The molecule has 3 N–H and O–H groups in total. The maximum absolute atomic E-state index is 12.3. The summed E-state index contributed by atoms with van der Waals surface area (Å²) in [5.74, 6) is 0.389. The summed E-state index contributed by atoms with van der Waals surface area (Å²) in [5, 5.41) is 12.3. The Labute approximate surface area is 156 Å². The van der Waals surface area contributed by atoms with Gasteiger partial charge in [0.1, 0.15) is 6.54 Å². The van der Waals surface area contributed by atoms with Gasteiger partial charge in [-0.2, -0.15) is 5.26 Å². The van der Waals surface area contributed by atoms with Gasteiger partial charge in [0, 0.05) is 5.69 Å². The molecule has 1 heterocycles. The summed E-state index contributed by atoms with van der Waals surface area (Å²) >= 11 is 0. The Hall–Kier alpha value is -3.50. The third-order valence-corrected chi connectivity index (χ3v) is 4.27. The fraction of sp³-hybridized carbons (Fsp3) is 0.200. The number of nitrogens with zero attached hydrogens (tertiary/aromatic N) is 2. The molecule has 0 saturated carbocycles. The van der Waals surface area contributed by atoms with Crippen LogP contribution in [0, 0.1) is 11.3 Å². The standard InChI is InChI=1S/C20H19N5O2/c1-2-25(13-19(26)22-15-7-5-6-14(10-15)11-21)12-18-23-17-9-4-3-8-16(17)20(27)24-18/h3-10H,2,12-13H2,1H3,(H,22,26)(H,23,24,27)/p+1. The molecule has 3 rings (SSSR count). The molecule has 1 amide bonds. The summed E-state index contributed by atoms with van der Waals surface area (Å²) in [4.78, 5) is 32.8. The number of aromatic amines is 1. The summed E-state index contributed by atoms with van der Waals surface area (Å²) in [6.07, 6.45) is 0. The fourth-order valence-corrected chi connectivity index (χ4v) is 2.87. The predicted molar refractivity (Wildman–Crippen MR) is 102 cm³/mol. The zero-order valence-corrected chi connectivity index (χ0v) is 15.0. The molecule has 0 spiro atoms. The molecule has 2 aromatic carbocycles. The van der Waals surface area contributed by atoms with Crippen molar-refractivity contribution < 1.29 is 9.69 Å². The number of nitrogens with one attached hydrogen (secondary N) is 3. The molecule has 0 fully saturated rings. The molecular formula is C20H20N5O2+. The van der Waals surface area contributed by atoms with E-state index < -0.39 is 0 Å². The molecule has 7 heteroatoms. The minimum atomic E-state index is -0.177. The summed E-state index contributed by atoms with van der Waals surface area (Å²) in [6, 6.07) is 16.0. The van der Waals surface area contributed by atoms with Crippen LogP contribution in [0.3, 0.4) is 0 Å². The van der Waals surface area contributed by atoms with Crippen molar-refractivity contribution in [1.29, 1.82) is 5.26 Å². The van der Waals surface area contributed by atoms with Gasteiger partial charge in [-0.3, -0.25) is 9.59 Å². The number of anilines is 1. The van der Waals surface area contributed by atoms with Crippen molar-refractivity contribution in [1.82, 2.24) is 9.97 Å². The van der Waals surface area contributed by atoms with E-state index in [1.807, 2.05) is 19.1 Å². The summed E-state index contributed by atoms with van der Waals surface area (Å²) in [6.45, 7) is 3.33. The lowest BCUT2D eigenvalue weighted by Gasteiger charge is -2.17. The van der Waals surface area contributed by atoms with Crippen LogP contribution >= 0.6 is 0 Å². The Balaban J connectivity index is 1.69. The van der Waals surface area contributed by atoms with Crippen LogP contribution in [0.5, 0.6) is 0 Å². The van der Waals surface area contributed by atoms with E-state index in [0.29, 0.717) is 41.1 Å². The number of carbonyl (C=O) groups is 1. The lowest BCUT2D eigenvalue weighted by Crippen LogP contribution is -3.11. The Morgan fingerprint density at radius 1 is 1.26 bits per heavy atom. The fourth-order valence-electron chi connectivity index (χ4n) is 2.87. The van der Waals surface area contributed by atoms with Gasteiger partial charge in [-0.05, 0) is 37.3 Å². The van der Waals surface area contributed by atoms with Crippen molar-refractivity contribution in [3.05, 3.63) is 70.3 Å². The molecule has 1 aromatic heterocycles. The molecule has 0 bridgehead atoms. The summed E-state index contributed by atoms with van der Waals surface area (Å²) in [5.41, 5.74) is 1.55. The highest BCUT2D eigenvalue weighted by molar-refractivity contribution is 5.91. The van der Waals surface area contributed by atoms with E-state index in [2.05, 4.69) is 15.3 Å². The Kier molecular flexibility index (Phi) is 5.59. The average Bonchev–Trinajstić information content (AvgIpc) is 2.67. The van der Waals surface area contributed by atoms with Crippen molar-refractivity contribution in [2.75, 3.05) is 18.4 Å². The topological polar surface area (TPSA) is 103 Å². The second-order valence-electron chi connectivity index (χ2n) is 6.23. The molecule has 136 valence electrons. The van der Waals surface area contributed by atoms with Crippen LogP contribution in [0.1, 0.15) is 18.3 Å². The highest BCUT2D eigenvalue weighted by atomic mass is 16.2. The van der Waals surface area contributed by atoms with Gasteiger partial charge in [-0.1, -0.05) is 18.2 Å². The Bertz CT molecular complexity index is 1070. The predicted octanol–water partition coefficient (Wildman–Crippen LogP) is 0.838. The van der Waals surface area contributed by atoms with E-state index in [9.17, 15) is 9.59 Å². The number of H-pyrrole nitrogens is 1. The number of likely N-dealkylation sites (N-methyl/N-ethyl adjacent to an activating group) is 1. The molecule has 0 aliphatic carbocycles. The molecule has 7 nitrogen and oxygen atoms in total. The molecular weight excluding hydrogens is 342 g/mol. The van der Waals surface area contributed by atoms with E-state index in [-0.39, 0.29) is 18.0 Å². The molecule has 3 aromatic rings. The van der Waals surface area contributed by atoms with Gasteiger partial charge in [0.2, 0.25) is 0 Å². The van der Waals surface area contributed by atoms with E-state index in [1.54, 1.807) is 42.5 Å². The van der Waals surface area contributed by atoms with Crippen LogP contribution < -0.4 is 15.8 Å².